The first-order valence-electron chi connectivity index (χ1n) is 5.91. The Kier molecular flexibility index (Phi) is 4.36. The molecule has 1 N–H and O–H groups in total. The number of aryl methyl sites for hydroxylation is 1. The molecule has 0 aliphatic carbocycles. The van der Waals surface area contributed by atoms with Crippen LogP contribution in [0.4, 0.5) is 5.69 Å². The molecule has 0 aliphatic rings. The molecular weight excluding hydrogens is 196 g/mol. The summed E-state index contributed by atoms with van der Waals surface area (Å²) in [4.78, 5) is 2.28. The summed E-state index contributed by atoms with van der Waals surface area (Å²) in [5, 5.41) is 3.49. The second kappa shape index (κ2) is 5.35. The van der Waals surface area contributed by atoms with Gasteiger partial charge in [0.1, 0.15) is 0 Å². The fraction of sp³-hybridized carbons (Fsp3) is 0.571. The Morgan fingerprint density at radius 3 is 2.19 bits per heavy atom. The molecule has 1 aromatic rings. The number of nitrogens with one attached hydrogen (secondary N) is 1. The molecular formula is C14H24N2. The van der Waals surface area contributed by atoms with E-state index >= 15 is 0 Å². The van der Waals surface area contributed by atoms with Crippen LogP contribution in [-0.4, -0.2) is 25.7 Å². The van der Waals surface area contributed by atoms with Gasteiger partial charge in [-0.3, -0.25) is 0 Å². The molecule has 0 saturated carbocycles. The number of benzene rings is 1. The van der Waals surface area contributed by atoms with Crippen LogP contribution in [0.2, 0.25) is 0 Å². The summed E-state index contributed by atoms with van der Waals surface area (Å²) in [7, 11) is 2.13. The van der Waals surface area contributed by atoms with Gasteiger partial charge in [-0.05, 0) is 39.8 Å². The Balaban J connectivity index is 2.41. The van der Waals surface area contributed by atoms with Crippen LogP contribution in [0.25, 0.3) is 0 Å². The molecule has 90 valence electrons. The normalized spacial score (nSPS) is 11.6. The lowest BCUT2D eigenvalue weighted by molar-refractivity contribution is 0.431. The van der Waals surface area contributed by atoms with Gasteiger partial charge in [-0.25, -0.2) is 0 Å². The standard InChI is InChI=1S/C14H24N2/c1-12-6-8-13(9-7-12)16(5)11-10-15-14(2,3)4/h6-9,15H,10-11H2,1-5H3. The summed E-state index contributed by atoms with van der Waals surface area (Å²) < 4.78 is 0. The van der Waals surface area contributed by atoms with Crippen LogP contribution in [0.5, 0.6) is 0 Å². The van der Waals surface area contributed by atoms with E-state index in [1.807, 2.05) is 0 Å². The van der Waals surface area contributed by atoms with Crippen molar-refractivity contribution in [1.29, 1.82) is 0 Å². The molecule has 0 atom stereocenters. The third-order valence-corrected chi connectivity index (χ3v) is 2.58. The zero-order valence-electron chi connectivity index (χ0n) is 11.2. The highest BCUT2D eigenvalue weighted by Crippen LogP contribution is 2.12. The number of anilines is 1. The van der Waals surface area contributed by atoms with Gasteiger partial charge < -0.3 is 10.2 Å². The number of likely N-dealkylation sites (N-methyl/N-ethyl adjacent to an activating group) is 1. The molecule has 1 rings (SSSR count). The van der Waals surface area contributed by atoms with Crippen LogP contribution in [0, 0.1) is 6.92 Å². The van der Waals surface area contributed by atoms with Crippen LogP contribution in [0.3, 0.4) is 0 Å². The van der Waals surface area contributed by atoms with E-state index in [1.54, 1.807) is 0 Å². The molecule has 0 aliphatic heterocycles. The zero-order chi connectivity index (χ0) is 12.2. The van der Waals surface area contributed by atoms with Crippen LogP contribution < -0.4 is 10.2 Å². The van der Waals surface area contributed by atoms with Crippen LogP contribution in [-0.2, 0) is 0 Å². The van der Waals surface area contributed by atoms with E-state index in [-0.39, 0.29) is 5.54 Å². The minimum Gasteiger partial charge on any atom is -0.373 e. The van der Waals surface area contributed by atoms with Gasteiger partial charge >= 0.3 is 0 Å². The average Bonchev–Trinajstić information content (AvgIpc) is 2.16. The lowest BCUT2D eigenvalue weighted by atomic mass is 10.1. The van der Waals surface area contributed by atoms with Gasteiger partial charge in [0, 0.05) is 31.4 Å². The summed E-state index contributed by atoms with van der Waals surface area (Å²) in [5.74, 6) is 0. The van der Waals surface area contributed by atoms with Gasteiger partial charge in [-0.2, -0.15) is 0 Å². The zero-order valence-corrected chi connectivity index (χ0v) is 11.2. The lowest BCUT2D eigenvalue weighted by Crippen LogP contribution is -2.40. The van der Waals surface area contributed by atoms with Crippen molar-refractivity contribution in [2.75, 3.05) is 25.0 Å². The average molecular weight is 220 g/mol. The van der Waals surface area contributed by atoms with E-state index in [1.165, 1.54) is 11.3 Å². The van der Waals surface area contributed by atoms with E-state index in [9.17, 15) is 0 Å². The maximum Gasteiger partial charge on any atom is 0.0364 e. The molecule has 0 aromatic heterocycles. The van der Waals surface area contributed by atoms with Gasteiger partial charge in [0.05, 0.1) is 0 Å². The summed E-state index contributed by atoms with van der Waals surface area (Å²) in [5.41, 5.74) is 2.79. The molecule has 16 heavy (non-hydrogen) atoms. The number of nitrogens with zero attached hydrogens (tertiary/aromatic N) is 1. The Morgan fingerprint density at radius 1 is 1.12 bits per heavy atom. The van der Waals surface area contributed by atoms with Crippen LogP contribution >= 0.6 is 0 Å². The Morgan fingerprint density at radius 2 is 1.69 bits per heavy atom. The van der Waals surface area contributed by atoms with Crippen molar-refractivity contribution in [3.63, 3.8) is 0 Å². The maximum atomic E-state index is 3.49. The first-order chi connectivity index (χ1) is 7.38. The molecule has 0 fully saturated rings. The van der Waals surface area contributed by atoms with E-state index in [0.717, 1.165) is 13.1 Å². The van der Waals surface area contributed by atoms with E-state index in [4.69, 9.17) is 0 Å². The van der Waals surface area contributed by atoms with E-state index in [2.05, 4.69) is 69.2 Å². The van der Waals surface area contributed by atoms with Crippen molar-refractivity contribution < 1.29 is 0 Å². The summed E-state index contributed by atoms with van der Waals surface area (Å²) in [6, 6.07) is 8.66. The van der Waals surface area contributed by atoms with Crippen molar-refractivity contribution >= 4 is 5.69 Å². The fourth-order valence-corrected chi connectivity index (χ4v) is 1.53. The minimum absolute atomic E-state index is 0.202. The van der Waals surface area contributed by atoms with Gasteiger partial charge in [-0.15, -0.1) is 0 Å². The number of hydrogen-bond acceptors (Lipinski definition) is 2. The van der Waals surface area contributed by atoms with Gasteiger partial charge in [0.2, 0.25) is 0 Å². The molecule has 0 radical (unpaired) electrons. The Labute approximate surface area is 99.7 Å². The predicted molar refractivity (Wildman–Crippen MR) is 72.2 cm³/mol. The quantitative estimate of drug-likeness (QED) is 0.839. The topological polar surface area (TPSA) is 15.3 Å². The number of rotatable bonds is 4. The molecule has 2 nitrogen and oxygen atoms in total. The van der Waals surface area contributed by atoms with Gasteiger partial charge in [0.25, 0.3) is 0 Å². The molecule has 0 amide bonds. The van der Waals surface area contributed by atoms with Crippen molar-refractivity contribution in [3.8, 4) is 0 Å². The first kappa shape index (κ1) is 13.0. The highest BCUT2D eigenvalue weighted by atomic mass is 15.1. The molecule has 0 heterocycles. The molecule has 0 bridgehead atoms. The van der Waals surface area contributed by atoms with Gasteiger partial charge in [-0.1, -0.05) is 17.7 Å². The lowest BCUT2D eigenvalue weighted by Gasteiger charge is -2.24. The number of hydrogen-bond donors (Lipinski definition) is 1. The third-order valence-electron chi connectivity index (χ3n) is 2.58. The van der Waals surface area contributed by atoms with Gasteiger partial charge in [0.15, 0.2) is 0 Å². The molecule has 0 spiro atoms. The van der Waals surface area contributed by atoms with E-state index < -0.39 is 0 Å². The Bertz CT molecular complexity index is 309. The summed E-state index contributed by atoms with van der Waals surface area (Å²) in [6.45, 7) is 10.7. The van der Waals surface area contributed by atoms with Crippen molar-refractivity contribution in [1.82, 2.24) is 5.32 Å². The second-order valence-electron chi connectivity index (χ2n) is 5.43. The predicted octanol–water partition coefficient (Wildman–Crippen LogP) is 2.82. The Hall–Kier alpha value is -1.02. The van der Waals surface area contributed by atoms with Crippen molar-refractivity contribution in [2.45, 2.75) is 33.2 Å². The molecule has 0 saturated heterocycles. The molecule has 1 aromatic carbocycles. The minimum atomic E-state index is 0.202. The van der Waals surface area contributed by atoms with Crippen LogP contribution in [0.15, 0.2) is 24.3 Å². The van der Waals surface area contributed by atoms with Crippen molar-refractivity contribution in [2.24, 2.45) is 0 Å². The maximum absolute atomic E-state index is 3.49. The highest BCUT2D eigenvalue weighted by molar-refractivity contribution is 5.46. The molecule has 2 heteroatoms. The largest absolute Gasteiger partial charge is 0.373 e. The summed E-state index contributed by atoms with van der Waals surface area (Å²) >= 11 is 0. The molecule has 0 unspecified atom stereocenters. The first-order valence-corrected chi connectivity index (χ1v) is 5.91. The fourth-order valence-electron chi connectivity index (χ4n) is 1.53. The highest BCUT2D eigenvalue weighted by Gasteiger charge is 2.08. The SMILES string of the molecule is Cc1ccc(N(C)CCNC(C)(C)C)cc1. The second-order valence-corrected chi connectivity index (χ2v) is 5.43. The van der Waals surface area contributed by atoms with E-state index in [0.29, 0.717) is 0 Å². The summed E-state index contributed by atoms with van der Waals surface area (Å²) in [6.07, 6.45) is 0. The van der Waals surface area contributed by atoms with Crippen LogP contribution in [0.1, 0.15) is 26.3 Å². The van der Waals surface area contributed by atoms with Crippen molar-refractivity contribution in [3.05, 3.63) is 29.8 Å². The third kappa shape index (κ3) is 4.67. The smallest absolute Gasteiger partial charge is 0.0364 e. The monoisotopic (exact) mass is 220 g/mol.